The van der Waals surface area contributed by atoms with E-state index >= 15 is 0 Å². The van der Waals surface area contributed by atoms with Crippen LogP contribution in [0.4, 0.5) is 11.6 Å². The lowest BCUT2D eigenvalue weighted by molar-refractivity contribution is 0.436. The number of nitrogens with zero attached hydrogens (tertiary/aromatic N) is 7. The molecule has 5 heterocycles. The number of thioether (sulfide) groups is 1. The third-order valence-corrected chi connectivity index (χ3v) is 7.66. The predicted molar refractivity (Wildman–Crippen MR) is 115 cm³/mol. The van der Waals surface area contributed by atoms with Gasteiger partial charge in [-0.1, -0.05) is 6.92 Å². The van der Waals surface area contributed by atoms with Crippen LogP contribution in [0, 0.1) is 17.2 Å². The molecule has 0 aliphatic carbocycles. The minimum atomic E-state index is 0.617. The van der Waals surface area contributed by atoms with Gasteiger partial charge in [0.1, 0.15) is 26.9 Å². The van der Waals surface area contributed by atoms with Crippen molar-refractivity contribution in [3.05, 3.63) is 11.6 Å². The number of pyridine rings is 1. The maximum Gasteiger partial charge on any atom is 0.172 e. The molecule has 2 aliphatic rings. The minimum absolute atomic E-state index is 0.617. The molecule has 0 bridgehead atoms. The number of rotatable bonds is 2. The lowest BCUT2D eigenvalue weighted by Crippen LogP contribution is -2.33. The number of fused-ring (bicyclic) bond motifs is 3. The van der Waals surface area contributed by atoms with Crippen molar-refractivity contribution in [2.45, 2.75) is 19.8 Å². The van der Waals surface area contributed by atoms with Crippen molar-refractivity contribution < 1.29 is 0 Å². The highest BCUT2D eigenvalue weighted by Gasteiger charge is 2.24. The van der Waals surface area contributed by atoms with Crippen LogP contribution in [-0.2, 0) is 0 Å². The molecule has 3 aromatic heterocycles. The Balaban J connectivity index is 1.63. The summed E-state index contributed by atoms with van der Waals surface area (Å²) in [6.07, 6.45) is 2.34. The number of piperidine rings is 1. The fourth-order valence-electron chi connectivity index (χ4n) is 3.93. The molecule has 9 heteroatoms. The molecule has 2 aliphatic heterocycles. The van der Waals surface area contributed by atoms with Gasteiger partial charge in [-0.25, -0.2) is 4.98 Å². The Morgan fingerprint density at radius 2 is 1.82 bits per heavy atom. The SMILES string of the molecule is CC1CCN(c2nnnc3c2sc2nc(N4CCSCC4)c(C#N)cc23)CC1. The van der Waals surface area contributed by atoms with Gasteiger partial charge in [-0.3, -0.25) is 0 Å². The molecule has 0 radical (unpaired) electrons. The van der Waals surface area contributed by atoms with Crippen LogP contribution in [0.3, 0.4) is 0 Å². The lowest BCUT2D eigenvalue weighted by Gasteiger charge is -2.30. The largest absolute Gasteiger partial charge is 0.354 e. The zero-order valence-electron chi connectivity index (χ0n) is 15.8. The van der Waals surface area contributed by atoms with Crippen LogP contribution in [0.1, 0.15) is 25.3 Å². The first kappa shape index (κ1) is 17.9. The number of hydrogen-bond donors (Lipinski definition) is 0. The second-order valence-electron chi connectivity index (χ2n) is 7.49. The van der Waals surface area contributed by atoms with Gasteiger partial charge in [0.25, 0.3) is 0 Å². The Bertz CT molecular complexity index is 1060. The molecule has 5 rings (SSSR count). The van der Waals surface area contributed by atoms with Gasteiger partial charge in [0.05, 0.1) is 5.56 Å². The molecule has 0 N–H and O–H groups in total. The van der Waals surface area contributed by atoms with E-state index in [9.17, 15) is 5.26 Å². The van der Waals surface area contributed by atoms with E-state index in [2.05, 4.69) is 38.2 Å². The minimum Gasteiger partial charge on any atom is -0.354 e. The van der Waals surface area contributed by atoms with Crippen LogP contribution in [0.15, 0.2) is 6.07 Å². The van der Waals surface area contributed by atoms with Crippen LogP contribution in [0.25, 0.3) is 20.4 Å². The first-order valence-corrected chi connectivity index (χ1v) is 11.7. The van der Waals surface area contributed by atoms with Crippen molar-refractivity contribution in [2.75, 3.05) is 47.5 Å². The third-order valence-electron chi connectivity index (χ3n) is 5.64. The molecule has 0 spiro atoms. The van der Waals surface area contributed by atoms with Crippen LogP contribution in [0.5, 0.6) is 0 Å². The summed E-state index contributed by atoms with van der Waals surface area (Å²) in [7, 11) is 0. The molecule has 2 saturated heterocycles. The zero-order chi connectivity index (χ0) is 19.1. The third kappa shape index (κ3) is 3.05. The second kappa shape index (κ2) is 7.33. The molecular formula is C19H21N7S2. The smallest absolute Gasteiger partial charge is 0.172 e. The monoisotopic (exact) mass is 411 g/mol. The summed E-state index contributed by atoms with van der Waals surface area (Å²) in [6, 6.07) is 4.28. The first-order chi connectivity index (χ1) is 13.7. The topological polar surface area (TPSA) is 81.8 Å². The van der Waals surface area contributed by atoms with Gasteiger partial charge in [0, 0.05) is 43.1 Å². The molecule has 0 atom stereocenters. The second-order valence-corrected chi connectivity index (χ2v) is 9.71. The Hall–Kier alpha value is -2.18. The number of aromatic nitrogens is 4. The molecule has 7 nitrogen and oxygen atoms in total. The molecule has 0 amide bonds. The van der Waals surface area contributed by atoms with Crippen LogP contribution < -0.4 is 9.80 Å². The molecular weight excluding hydrogens is 390 g/mol. The van der Waals surface area contributed by atoms with Gasteiger partial charge < -0.3 is 9.80 Å². The van der Waals surface area contributed by atoms with Crippen molar-refractivity contribution in [1.29, 1.82) is 5.26 Å². The number of hydrogen-bond acceptors (Lipinski definition) is 9. The van der Waals surface area contributed by atoms with Crippen molar-refractivity contribution >= 4 is 55.2 Å². The summed E-state index contributed by atoms with van der Waals surface area (Å²) in [5.41, 5.74) is 1.43. The Morgan fingerprint density at radius 1 is 1.07 bits per heavy atom. The average molecular weight is 412 g/mol. The Kier molecular flexibility index (Phi) is 4.69. The van der Waals surface area contributed by atoms with E-state index in [0.29, 0.717) is 5.56 Å². The van der Waals surface area contributed by atoms with Crippen LogP contribution >= 0.6 is 23.1 Å². The highest BCUT2D eigenvalue weighted by molar-refractivity contribution is 7.99. The molecule has 28 heavy (non-hydrogen) atoms. The molecule has 0 unspecified atom stereocenters. The van der Waals surface area contributed by atoms with Gasteiger partial charge in [-0.05, 0) is 30.0 Å². The van der Waals surface area contributed by atoms with Gasteiger partial charge >= 0.3 is 0 Å². The van der Waals surface area contributed by atoms with E-state index in [1.165, 1.54) is 12.8 Å². The lowest BCUT2D eigenvalue weighted by atomic mass is 9.99. The Labute approximate surface area is 171 Å². The number of anilines is 2. The molecule has 2 fully saturated rings. The molecule has 144 valence electrons. The summed E-state index contributed by atoms with van der Waals surface area (Å²) in [4.78, 5) is 10.4. The van der Waals surface area contributed by atoms with E-state index in [0.717, 1.165) is 75.7 Å². The fourth-order valence-corrected chi connectivity index (χ4v) is 5.94. The van der Waals surface area contributed by atoms with E-state index in [1.807, 2.05) is 17.8 Å². The quantitative estimate of drug-likeness (QED) is 0.635. The van der Waals surface area contributed by atoms with E-state index in [4.69, 9.17) is 4.98 Å². The van der Waals surface area contributed by atoms with E-state index < -0.39 is 0 Å². The van der Waals surface area contributed by atoms with Gasteiger partial charge in [0.15, 0.2) is 5.82 Å². The average Bonchev–Trinajstić information content (AvgIpc) is 3.12. The van der Waals surface area contributed by atoms with Gasteiger partial charge in [-0.15, -0.1) is 21.5 Å². The molecule has 3 aromatic rings. The Morgan fingerprint density at radius 3 is 2.57 bits per heavy atom. The maximum absolute atomic E-state index is 9.73. The van der Waals surface area contributed by atoms with Gasteiger partial charge in [-0.2, -0.15) is 17.0 Å². The number of nitriles is 1. The van der Waals surface area contributed by atoms with Gasteiger partial charge in [0.2, 0.25) is 0 Å². The van der Waals surface area contributed by atoms with Crippen molar-refractivity contribution in [1.82, 2.24) is 20.4 Å². The molecule has 0 saturated carbocycles. The summed E-state index contributed by atoms with van der Waals surface area (Å²) >= 11 is 3.57. The van der Waals surface area contributed by atoms with Crippen LogP contribution in [-0.4, -0.2) is 58.1 Å². The fraction of sp³-hybridized carbons (Fsp3) is 0.526. The highest BCUT2D eigenvalue weighted by atomic mass is 32.2. The summed E-state index contributed by atoms with van der Waals surface area (Å²) in [5, 5.41) is 23.4. The van der Waals surface area contributed by atoms with E-state index in [1.54, 1.807) is 11.3 Å². The predicted octanol–water partition coefficient (Wildman–Crippen LogP) is 3.30. The van der Waals surface area contributed by atoms with E-state index in [-0.39, 0.29) is 0 Å². The normalized spacial score (nSPS) is 18.7. The highest BCUT2D eigenvalue weighted by Crippen LogP contribution is 2.39. The van der Waals surface area contributed by atoms with Crippen LogP contribution in [0.2, 0.25) is 0 Å². The summed E-state index contributed by atoms with van der Waals surface area (Å²) < 4.78 is 1.03. The summed E-state index contributed by atoms with van der Waals surface area (Å²) in [6.45, 7) is 6.16. The zero-order valence-corrected chi connectivity index (χ0v) is 17.4. The first-order valence-electron chi connectivity index (χ1n) is 9.69. The van der Waals surface area contributed by atoms with Crippen molar-refractivity contribution in [3.63, 3.8) is 0 Å². The maximum atomic E-state index is 9.73. The molecule has 0 aromatic carbocycles. The summed E-state index contributed by atoms with van der Waals surface area (Å²) in [5.74, 6) is 4.62. The van der Waals surface area contributed by atoms with Crippen molar-refractivity contribution in [2.24, 2.45) is 5.92 Å². The number of thiophene rings is 1. The standard InChI is InChI=1S/C19H21N7S2/c1-12-2-4-25(5-3-12)18-16-15(22-24-23-18)14-10-13(11-20)17(21-19(14)28-16)26-6-8-27-9-7-26/h10,12H,2-9H2,1H3. The van der Waals surface area contributed by atoms with Crippen molar-refractivity contribution in [3.8, 4) is 6.07 Å².